The van der Waals surface area contributed by atoms with Crippen molar-refractivity contribution in [3.63, 3.8) is 0 Å². The predicted octanol–water partition coefficient (Wildman–Crippen LogP) is 4.83. The molecule has 0 aromatic heterocycles. The largest absolute Gasteiger partial charge is 0.494 e. The van der Waals surface area contributed by atoms with E-state index in [1.807, 2.05) is 13.8 Å². The molecular weight excluding hydrogens is 438 g/mol. The van der Waals surface area contributed by atoms with Crippen molar-refractivity contribution in [1.29, 1.82) is 0 Å². The number of ether oxygens (including phenoxy) is 4. The molecule has 0 saturated heterocycles. The van der Waals surface area contributed by atoms with Gasteiger partial charge in [0, 0.05) is 17.2 Å². The fraction of sp³-hybridized carbons (Fsp3) is 0.364. The molecule has 1 N–H and O–H groups in total. The first-order valence-electron chi connectivity index (χ1n) is 9.87. The van der Waals surface area contributed by atoms with Crippen LogP contribution < -0.4 is 24.3 Å². The molecule has 0 aliphatic heterocycles. The first kappa shape index (κ1) is 24.9. The van der Waals surface area contributed by atoms with Crippen molar-refractivity contribution in [2.45, 2.75) is 26.8 Å². The van der Waals surface area contributed by atoms with E-state index in [4.69, 9.17) is 30.5 Å². The van der Waals surface area contributed by atoms with Crippen LogP contribution in [0.1, 0.15) is 20.8 Å². The zero-order chi connectivity index (χ0) is 23.7. The summed E-state index contributed by atoms with van der Waals surface area (Å²) in [7, 11) is 2.86. The van der Waals surface area contributed by atoms with Gasteiger partial charge in [0.25, 0.3) is 5.91 Å². The van der Waals surface area contributed by atoms with Gasteiger partial charge in [-0.15, -0.1) is 0 Å². The van der Waals surface area contributed by atoms with Gasteiger partial charge >= 0.3 is 0 Å². The number of hydrogen-bond donors (Lipinski definition) is 1. The minimum Gasteiger partial charge on any atom is -0.494 e. The minimum absolute atomic E-state index is 0.236. The van der Waals surface area contributed by atoms with Crippen LogP contribution in [-0.4, -0.2) is 45.2 Å². The maximum Gasteiger partial charge on any atom is 0.258 e. The van der Waals surface area contributed by atoms with Crippen molar-refractivity contribution in [3.05, 3.63) is 35.4 Å². The Morgan fingerprint density at radius 2 is 1.75 bits per heavy atom. The maximum atomic E-state index is 12.8. The van der Waals surface area contributed by atoms with Crippen LogP contribution in [0.3, 0.4) is 0 Å². The van der Waals surface area contributed by atoms with Crippen LogP contribution >= 0.6 is 11.6 Å². The number of anilines is 1. The summed E-state index contributed by atoms with van der Waals surface area (Å²) >= 11 is 6.09. The molecule has 0 saturated carbocycles. The van der Waals surface area contributed by atoms with Crippen molar-refractivity contribution in [3.8, 4) is 23.0 Å². The number of Topliss-reactive ketones (excluding diaryl/α,β-unsaturated/α-hetero) is 1. The fourth-order valence-electron chi connectivity index (χ4n) is 2.77. The highest BCUT2D eigenvalue weighted by molar-refractivity contribution is 6.31. The molecule has 32 heavy (non-hydrogen) atoms. The number of carbonyl (C=O) groups excluding carboxylic acids is 2. The Hall–Kier alpha value is -3.33. The number of benzene rings is 2. The molecule has 1 atom stereocenters. The molecule has 0 bridgehead atoms. The number of hydrogen-bond acceptors (Lipinski definition) is 8. The van der Waals surface area contributed by atoms with E-state index in [0.717, 1.165) is 0 Å². The quantitative estimate of drug-likeness (QED) is 0.377. The SMILES string of the molecule is CCOc1ccc(N=NC(C(C)=O)C(=O)Nc2cc(Cl)cc(OC)c2OC)c(OCC)c1. The topological polar surface area (TPSA) is 108 Å². The van der Waals surface area contributed by atoms with Gasteiger partial charge in [-0.05, 0) is 39.0 Å². The van der Waals surface area contributed by atoms with E-state index >= 15 is 0 Å². The smallest absolute Gasteiger partial charge is 0.258 e. The van der Waals surface area contributed by atoms with Gasteiger partial charge in [-0.3, -0.25) is 9.59 Å². The van der Waals surface area contributed by atoms with Gasteiger partial charge in [-0.1, -0.05) is 11.6 Å². The highest BCUT2D eigenvalue weighted by atomic mass is 35.5. The number of azo groups is 1. The number of nitrogens with zero attached hydrogens (tertiary/aromatic N) is 2. The summed E-state index contributed by atoms with van der Waals surface area (Å²) < 4.78 is 21.6. The van der Waals surface area contributed by atoms with Crippen molar-refractivity contribution < 1.29 is 28.5 Å². The van der Waals surface area contributed by atoms with E-state index in [2.05, 4.69) is 15.5 Å². The van der Waals surface area contributed by atoms with Crippen LogP contribution in [0.5, 0.6) is 23.0 Å². The van der Waals surface area contributed by atoms with Gasteiger partial charge in [0.1, 0.15) is 17.2 Å². The minimum atomic E-state index is -1.40. The van der Waals surface area contributed by atoms with E-state index < -0.39 is 17.7 Å². The number of nitrogens with one attached hydrogen (secondary N) is 1. The maximum absolute atomic E-state index is 12.8. The van der Waals surface area contributed by atoms with E-state index in [1.165, 1.54) is 27.2 Å². The number of carbonyl (C=O) groups is 2. The lowest BCUT2D eigenvalue weighted by molar-refractivity contribution is -0.126. The Labute approximate surface area is 191 Å². The molecule has 0 aliphatic carbocycles. The lowest BCUT2D eigenvalue weighted by atomic mass is 10.2. The highest BCUT2D eigenvalue weighted by Crippen LogP contribution is 2.38. The van der Waals surface area contributed by atoms with Gasteiger partial charge in [0.05, 0.1) is 33.1 Å². The molecule has 0 radical (unpaired) electrons. The van der Waals surface area contributed by atoms with Gasteiger partial charge in [-0.25, -0.2) is 0 Å². The first-order chi connectivity index (χ1) is 15.3. The zero-order valence-corrected chi connectivity index (χ0v) is 19.4. The molecule has 0 fully saturated rings. The summed E-state index contributed by atoms with van der Waals surface area (Å²) in [6, 6.07) is 6.64. The Kier molecular flexibility index (Phi) is 9.27. The lowest BCUT2D eigenvalue weighted by Gasteiger charge is -2.15. The Morgan fingerprint density at radius 3 is 2.34 bits per heavy atom. The standard InChI is InChI=1S/C22H26ClN3O6/c1-6-31-15-8-9-16(18(12-15)32-7-2)25-26-20(13(3)27)22(28)24-17-10-14(23)11-19(29-4)21(17)30-5/h8-12,20H,6-7H2,1-5H3,(H,24,28). The Bertz CT molecular complexity index is 996. The molecule has 2 rings (SSSR count). The molecule has 1 unspecified atom stereocenters. The monoisotopic (exact) mass is 463 g/mol. The molecule has 1 amide bonds. The fourth-order valence-corrected chi connectivity index (χ4v) is 2.98. The van der Waals surface area contributed by atoms with E-state index in [1.54, 1.807) is 24.3 Å². The van der Waals surface area contributed by atoms with Gasteiger partial charge in [0.2, 0.25) is 6.04 Å². The van der Waals surface area contributed by atoms with Crippen molar-refractivity contribution in [1.82, 2.24) is 0 Å². The predicted molar refractivity (Wildman–Crippen MR) is 121 cm³/mol. The third kappa shape index (κ3) is 6.34. The second-order valence-corrected chi connectivity index (χ2v) is 6.84. The molecule has 2 aromatic rings. The second kappa shape index (κ2) is 11.9. The van der Waals surface area contributed by atoms with Crippen LogP contribution in [0.25, 0.3) is 0 Å². The number of methoxy groups -OCH3 is 2. The van der Waals surface area contributed by atoms with E-state index in [0.29, 0.717) is 41.2 Å². The first-order valence-corrected chi connectivity index (χ1v) is 10.3. The third-order valence-corrected chi connectivity index (χ3v) is 4.38. The highest BCUT2D eigenvalue weighted by Gasteiger charge is 2.25. The second-order valence-electron chi connectivity index (χ2n) is 6.40. The third-order valence-electron chi connectivity index (χ3n) is 4.16. The normalized spacial score (nSPS) is 11.7. The molecule has 0 spiro atoms. The van der Waals surface area contributed by atoms with Crippen molar-refractivity contribution in [2.24, 2.45) is 10.2 Å². The number of ketones is 1. The Balaban J connectivity index is 2.32. The van der Waals surface area contributed by atoms with E-state index in [9.17, 15) is 9.59 Å². The molecule has 172 valence electrons. The summed E-state index contributed by atoms with van der Waals surface area (Å²) in [5.74, 6) is 0.418. The number of amides is 1. The molecule has 10 heteroatoms. The zero-order valence-electron chi connectivity index (χ0n) is 18.6. The van der Waals surface area contributed by atoms with Crippen LogP contribution in [0, 0.1) is 0 Å². The van der Waals surface area contributed by atoms with Gasteiger partial charge in [0.15, 0.2) is 17.3 Å². The van der Waals surface area contributed by atoms with Crippen LogP contribution in [0.2, 0.25) is 5.02 Å². The van der Waals surface area contributed by atoms with E-state index in [-0.39, 0.29) is 11.4 Å². The van der Waals surface area contributed by atoms with Crippen LogP contribution in [0.15, 0.2) is 40.6 Å². The summed E-state index contributed by atoms with van der Waals surface area (Å²) in [5, 5.41) is 11.0. The van der Waals surface area contributed by atoms with Crippen LogP contribution in [0.4, 0.5) is 11.4 Å². The molecule has 2 aromatic carbocycles. The van der Waals surface area contributed by atoms with Gasteiger partial charge < -0.3 is 24.3 Å². The van der Waals surface area contributed by atoms with Gasteiger partial charge in [-0.2, -0.15) is 10.2 Å². The van der Waals surface area contributed by atoms with Crippen LogP contribution in [-0.2, 0) is 9.59 Å². The molecular formula is C22H26ClN3O6. The molecule has 0 heterocycles. The van der Waals surface area contributed by atoms with Crippen molar-refractivity contribution in [2.75, 3.05) is 32.8 Å². The summed E-state index contributed by atoms with van der Waals surface area (Å²) in [6.45, 7) is 5.84. The van der Waals surface area contributed by atoms with Crippen molar-refractivity contribution >= 4 is 34.7 Å². The summed E-state index contributed by atoms with van der Waals surface area (Å²) in [5.41, 5.74) is 0.593. The number of rotatable bonds is 11. The average molecular weight is 464 g/mol. The summed E-state index contributed by atoms with van der Waals surface area (Å²) in [4.78, 5) is 25.0. The Morgan fingerprint density at radius 1 is 1.03 bits per heavy atom. The lowest BCUT2D eigenvalue weighted by Crippen LogP contribution is -2.32. The average Bonchev–Trinajstić information content (AvgIpc) is 2.75. The molecule has 0 aliphatic rings. The summed E-state index contributed by atoms with van der Waals surface area (Å²) in [6.07, 6.45) is 0. The number of halogens is 1. The molecule has 9 nitrogen and oxygen atoms in total.